The van der Waals surface area contributed by atoms with E-state index in [4.69, 9.17) is 4.98 Å². The summed E-state index contributed by atoms with van der Waals surface area (Å²) in [4.78, 5) is 4.79. The predicted molar refractivity (Wildman–Crippen MR) is 91.9 cm³/mol. The number of benzene rings is 1. The van der Waals surface area contributed by atoms with Gasteiger partial charge in [0.2, 0.25) is 10.0 Å². The van der Waals surface area contributed by atoms with Gasteiger partial charge in [-0.05, 0) is 30.5 Å². The summed E-state index contributed by atoms with van der Waals surface area (Å²) >= 11 is 0. The van der Waals surface area contributed by atoms with E-state index in [0.717, 1.165) is 30.7 Å². The Kier molecular flexibility index (Phi) is 4.78. The van der Waals surface area contributed by atoms with Crippen molar-refractivity contribution in [3.05, 3.63) is 65.5 Å². The Morgan fingerprint density at radius 2 is 1.91 bits per heavy atom. The average Bonchev–Trinajstić information content (AvgIpc) is 2.55. The molecule has 1 aromatic heterocycles. The molecule has 1 atom stereocenters. The van der Waals surface area contributed by atoms with Gasteiger partial charge in [0.15, 0.2) is 0 Å². The molecule has 3 rings (SSSR count). The van der Waals surface area contributed by atoms with Crippen molar-refractivity contribution < 1.29 is 8.42 Å². The Morgan fingerprint density at radius 1 is 1.13 bits per heavy atom. The van der Waals surface area contributed by atoms with Crippen molar-refractivity contribution in [2.75, 3.05) is 19.3 Å². The van der Waals surface area contributed by atoms with Crippen LogP contribution in [0.2, 0.25) is 0 Å². The Bertz CT molecular complexity index is 760. The number of rotatable bonds is 4. The van der Waals surface area contributed by atoms with Crippen molar-refractivity contribution >= 4 is 10.0 Å². The largest absolute Gasteiger partial charge is 0.257 e. The van der Waals surface area contributed by atoms with Crippen LogP contribution in [0.1, 0.15) is 35.7 Å². The fourth-order valence-corrected chi connectivity index (χ4v) is 4.03. The second kappa shape index (κ2) is 6.81. The fourth-order valence-electron chi connectivity index (χ4n) is 3.11. The van der Waals surface area contributed by atoms with Gasteiger partial charge in [-0.15, -0.1) is 0 Å². The number of aromatic nitrogens is 1. The van der Waals surface area contributed by atoms with Crippen LogP contribution in [0.3, 0.4) is 0 Å². The molecule has 2 aromatic rings. The van der Waals surface area contributed by atoms with Crippen LogP contribution in [-0.2, 0) is 16.4 Å². The van der Waals surface area contributed by atoms with Crippen LogP contribution in [0.4, 0.5) is 0 Å². The molecule has 4 nitrogen and oxygen atoms in total. The maximum absolute atomic E-state index is 11.8. The van der Waals surface area contributed by atoms with Gasteiger partial charge in [0.25, 0.3) is 0 Å². The lowest BCUT2D eigenvalue weighted by molar-refractivity contribution is 0.314. The van der Waals surface area contributed by atoms with Crippen LogP contribution in [0.25, 0.3) is 0 Å². The first-order chi connectivity index (χ1) is 11.0. The molecule has 0 N–H and O–H groups in total. The first kappa shape index (κ1) is 16.1. The summed E-state index contributed by atoms with van der Waals surface area (Å²) in [6.45, 7) is 1.17. The number of piperidine rings is 1. The van der Waals surface area contributed by atoms with E-state index in [1.165, 1.54) is 11.8 Å². The van der Waals surface area contributed by atoms with Crippen molar-refractivity contribution in [1.29, 1.82) is 0 Å². The van der Waals surface area contributed by atoms with E-state index in [-0.39, 0.29) is 5.92 Å². The second-order valence-corrected chi connectivity index (χ2v) is 8.16. The van der Waals surface area contributed by atoms with Crippen LogP contribution in [0, 0.1) is 0 Å². The standard InChI is InChI=1S/C18H22N2O2S/c1-23(21,22)20-12-6-9-16(14-20)18-11-5-10-17(19-18)13-15-7-3-2-4-8-15/h2-5,7-8,10-11,16H,6,9,12-14H2,1H3/t16-/m0/s1. The lowest BCUT2D eigenvalue weighted by Gasteiger charge is -2.30. The Labute approximate surface area is 138 Å². The molecular weight excluding hydrogens is 308 g/mol. The molecule has 0 unspecified atom stereocenters. The molecule has 1 saturated heterocycles. The van der Waals surface area contributed by atoms with E-state index < -0.39 is 10.0 Å². The smallest absolute Gasteiger partial charge is 0.211 e. The molecule has 0 radical (unpaired) electrons. The van der Waals surface area contributed by atoms with Crippen LogP contribution >= 0.6 is 0 Å². The van der Waals surface area contributed by atoms with Crippen molar-refractivity contribution in [3.8, 4) is 0 Å². The van der Waals surface area contributed by atoms with E-state index in [1.807, 2.05) is 36.4 Å². The Morgan fingerprint density at radius 3 is 2.65 bits per heavy atom. The lowest BCUT2D eigenvalue weighted by atomic mass is 9.95. The molecule has 1 aliphatic rings. The molecule has 0 amide bonds. The molecule has 23 heavy (non-hydrogen) atoms. The third-order valence-corrected chi connectivity index (χ3v) is 5.60. The fraction of sp³-hybridized carbons (Fsp3) is 0.389. The SMILES string of the molecule is CS(=O)(=O)N1CCC[C@H](c2cccc(Cc3ccccc3)n2)C1. The highest BCUT2D eigenvalue weighted by Gasteiger charge is 2.27. The third kappa shape index (κ3) is 4.18. The summed E-state index contributed by atoms with van der Waals surface area (Å²) in [5.74, 6) is 0.189. The summed E-state index contributed by atoms with van der Waals surface area (Å²) in [6, 6.07) is 16.4. The van der Waals surface area contributed by atoms with Crippen molar-refractivity contribution in [2.24, 2.45) is 0 Å². The lowest BCUT2D eigenvalue weighted by Crippen LogP contribution is -2.38. The zero-order valence-electron chi connectivity index (χ0n) is 13.4. The molecule has 1 fully saturated rings. The molecule has 1 aliphatic heterocycles. The third-order valence-electron chi connectivity index (χ3n) is 4.33. The molecule has 2 heterocycles. The number of sulfonamides is 1. The van der Waals surface area contributed by atoms with Crippen molar-refractivity contribution in [2.45, 2.75) is 25.2 Å². The summed E-state index contributed by atoms with van der Waals surface area (Å²) in [5, 5.41) is 0. The zero-order chi connectivity index (χ0) is 16.3. The molecule has 122 valence electrons. The maximum Gasteiger partial charge on any atom is 0.211 e. The van der Waals surface area contributed by atoms with Gasteiger partial charge in [-0.1, -0.05) is 36.4 Å². The van der Waals surface area contributed by atoms with Crippen LogP contribution in [-0.4, -0.2) is 37.1 Å². The average molecular weight is 330 g/mol. The monoisotopic (exact) mass is 330 g/mol. The van der Waals surface area contributed by atoms with Crippen molar-refractivity contribution in [3.63, 3.8) is 0 Å². The highest BCUT2D eigenvalue weighted by atomic mass is 32.2. The molecule has 0 bridgehead atoms. The van der Waals surface area contributed by atoms with Gasteiger partial charge in [0.1, 0.15) is 0 Å². The van der Waals surface area contributed by atoms with Crippen LogP contribution < -0.4 is 0 Å². The quantitative estimate of drug-likeness (QED) is 0.866. The first-order valence-corrected chi connectivity index (χ1v) is 9.82. The number of hydrogen-bond donors (Lipinski definition) is 0. The molecule has 5 heteroatoms. The Balaban J connectivity index is 1.77. The molecule has 0 aliphatic carbocycles. The van der Waals surface area contributed by atoms with Crippen LogP contribution in [0.15, 0.2) is 48.5 Å². The van der Waals surface area contributed by atoms with Gasteiger partial charge in [-0.2, -0.15) is 0 Å². The van der Waals surface area contributed by atoms with Gasteiger partial charge >= 0.3 is 0 Å². The molecule has 1 aromatic carbocycles. The summed E-state index contributed by atoms with van der Waals surface area (Å²) in [6.07, 6.45) is 3.97. The normalized spacial score (nSPS) is 19.6. The molecular formula is C18H22N2O2S. The minimum Gasteiger partial charge on any atom is -0.257 e. The molecule has 0 saturated carbocycles. The van der Waals surface area contributed by atoms with E-state index in [2.05, 4.69) is 12.1 Å². The zero-order valence-corrected chi connectivity index (χ0v) is 14.2. The summed E-state index contributed by atoms with van der Waals surface area (Å²) < 4.78 is 25.1. The number of nitrogens with zero attached hydrogens (tertiary/aromatic N) is 2. The summed E-state index contributed by atoms with van der Waals surface area (Å²) in [7, 11) is -3.12. The van der Waals surface area contributed by atoms with Gasteiger partial charge < -0.3 is 0 Å². The van der Waals surface area contributed by atoms with Crippen molar-refractivity contribution in [1.82, 2.24) is 9.29 Å². The Hall–Kier alpha value is -1.72. The number of hydrogen-bond acceptors (Lipinski definition) is 3. The van der Waals surface area contributed by atoms with E-state index in [9.17, 15) is 8.42 Å². The highest BCUT2D eigenvalue weighted by molar-refractivity contribution is 7.88. The topological polar surface area (TPSA) is 50.3 Å². The second-order valence-electron chi connectivity index (χ2n) is 6.18. The minimum absolute atomic E-state index is 0.189. The predicted octanol–water partition coefficient (Wildman–Crippen LogP) is 2.81. The van der Waals surface area contributed by atoms with Gasteiger partial charge in [-0.3, -0.25) is 4.98 Å². The highest BCUT2D eigenvalue weighted by Crippen LogP contribution is 2.27. The maximum atomic E-state index is 11.8. The van der Waals surface area contributed by atoms with Gasteiger partial charge in [0, 0.05) is 36.8 Å². The van der Waals surface area contributed by atoms with E-state index in [0.29, 0.717) is 13.1 Å². The van der Waals surface area contributed by atoms with Gasteiger partial charge in [0.05, 0.1) is 6.26 Å². The van der Waals surface area contributed by atoms with Crippen LogP contribution in [0.5, 0.6) is 0 Å². The summed E-state index contributed by atoms with van der Waals surface area (Å²) in [5.41, 5.74) is 3.27. The molecule has 0 spiro atoms. The van der Waals surface area contributed by atoms with E-state index >= 15 is 0 Å². The first-order valence-electron chi connectivity index (χ1n) is 7.97. The van der Waals surface area contributed by atoms with Gasteiger partial charge in [-0.25, -0.2) is 12.7 Å². The number of pyridine rings is 1. The van der Waals surface area contributed by atoms with E-state index in [1.54, 1.807) is 4.31 Å². The minimum atomic E-state index is -3.12.